The van der Waals surface area contributed by atoms with Gasteiger partial charge in [0.25, 0.3) is 0 Å². The average Bonchev–Trinajstić information content (AvgIpc) is 3.04. The van der Waals surface area contributed by atoms with Gasteiger partial charge >= 0.3 is 0 Å². The Balaban J connectivity index is 2.06. The topological polar surface area (TPSA) is 71.1 Å². The van der Waals surface area contributed by atoms with Crippen molar-refractivity contribution in [3.05, 3.63) is 58.7 Å². The van der Waals surface area contributed by atoms with Gasteiger partial charge in [-0.1, -0.05) is 18.2 Å². The lowest BCUT2D eigenvalue weighted by molar-refractivity contribution is -0.128. The largest absolute Gasteiger partial charge is 0.342 e. The Kier molecular flexibility index (Phi) is 4.41. The Hall–Kier alpha value is -3.31. The van der Waals surface area contributed by atoms with Crippen molar-refractivity contribution >= 4 is 5.91 Å². The fourth-order valence-electron chi connectivity index (χ4n) is 3.11. The number of nitrogens with zero attached hydrogens (tertiary/aromatic N) is 4. The molecule has 0 aliphatic carbocycles. The van der Waals surface area contributed by atoms with Crippen LogP contribution in [0.1, 0.15) is 29.2 Å². The first-order valence-corrected chi connectivity index (χ1v) is 8.03. The molecule has 0 saturated heterocycles. The summed E-state index contributed by atoms with van der Waals surface area (Å²) in [4.78, 5) is 14.9. The van der Waals surface area contributed by atoms with Gasteiger partial charge in [-0.3, -0.25) is 4.79 Å². The number of hydrogen-bond acceptors (Lipinski definition) is 4. The van der Waals surface area contributed by atoms with Crippen molar-refractivity contribution in [1.29, 1.82) is 10.5 Å². The summed E-state index contributed by atoms with van der Waals surface area (Å²) in [6.07, 6.45) is 2.21. The molecule has 5 nitrogen and oxygen atoms in total. The molecule has 1 aliphatic heterocycles. The minimum Gasteiger partial charge on any atom is -0.342 e. The highest BCUT2D eigenvalue weighted by atomic mass is 16.2. The lowest BCUT2D eigenvalue weighted by Crippen LogP contribution is -2.23. The van der Waals surface area contributed by atoms with Gasteiger partial charge in [0.05, 0.1) is 24.7 Å². The Labute approximate surface area is 147 Å². The quantitative estimate of drug-likeness (QED) is 0.811. The van der Waals surface area contributed by atoms with Gasteiger partial charge in [0, 0.05) is 20.5 Å². The van der Waals surface area contributed by atoms with Crippen molar-refractivity contribution in [3.8, 4) is 23.4 Å². The molecular formula is C20H18N4O. The highest BCUT2D eigenvalue weighted by Gasteiger charge is 2.23. The van der Waals surface area contributed by atoms with Crippen LogP contribution in [0.15, 0.2) is 36.4 Å². The summed E-state index contributed by atoms with van der Waals surface area (Å²) in [6.45, 7) is 3.25. The number of hydrogen-bond donors (Lipinski definition) is 0. The third-order valence-corrected chi connectivity index (χ3v) is 4.54. The minimum atomic E-state index is 0.0130. The molecule has 0 saturated carbocycles. The first-order valence-electron chi connectivity index (χ1n) is 8.03. The van der Waals surface area contributed by atoms with E-state index < -0.39 is 0 Å². The zero-order chi connectivity index (χ0) is 18.0. The van der Waals surface area contributed by atoms with E-state index in [9.17, 15) is 10.1 Å². The van der Waals surface area contributed by atoms with Gasteiger partial charge in [0.15, 0.2) is 6.19 Å². The highest BCUT2D eigenvalue weighted by Crippen LogP contribution is 2.34. The van der Waals surface area contributed by atoms with Crippen LogP contribution in [0.2, 0.25) is 0 Å². The Bertz CT molecular complexity index is 903. The number of benzene rings is 2. The number of fused-ring (bicyclic) bond motifs is 1. The van der Waals surface area contributed by atoms with Gasteiger partial charge in [-0.25, -0.2) is 0 Å². The monoisotopic (exact) mass is 330 g/mol. The van der Waals surface area contributed by atoms with Crippen LogP contribution in [0.5, 0.6) is 0 Å². The molecule has 1 aliphatic rings. The van der Waals surface area contributed by atoms with E-state index in [4.69, 9.17) is 5.26 Å². The second-order valence-electron chi connectivity index (χ2n) is 6.30. The van der Waals surface area contributed by atoms with Crippen molar-refractivity contribution in [1.82, 2.24) is 9.80 Å². The summed E-state index contributed by atoms with van der Waals surface area (Å²) < 4.78 is 0. The molecule has 0 N–H and O–H groups in total. The van der Waals surface area contributed by atoms with E-state index in [1.165, 1.54) is 0 Å². The summed E-state index contributed by atoms with van der Waals surface area (Å²) in [6, 6.07) is 13.8. The molecule has 0 fully saturated rings. The molecule has 1 amide bonds. The van der Waals surface area contributed by atoms with Crippen LogP contribution in [0.3, 0.4) is 0 Å². The molecule has 0 radical (unpaired) electrons. The maximum Gasteiger partial charge on any atom is 0.219 e. The Morgan fingerprint density at radius 1 is 1.20 bits per heavy atom. The van der Waals surface area contributed by atoms with E-state index in [2.05, 4.69) is 24.4 Å². The van der Waals surface area contributed by atoms with Gasteiger partial charge in [-0.2, -0.15) is 10.5 Å². The third-order valence-electron chi connectivity index (χ3n) is 4.54. The van der Waals surface area contributed by atoms with Crippen LogP contribution in [-0.4, -0.2) is 22.8 Å². The van der Waals surface area contributed by atoms with Gasteiger partial charge in [0.1, 0.15) is 0 Å². The van der Waals surface area contributed by atoms with Crippen molar-refractivity contribution in [3.63, 3.8) is 0 Å². The smallest absolute Gasteiger partial charge is 0.219 e. The summed E-state index contributed by atoms with van der Waals surface area (Å²) in [7, 11) is 1.78. The molecular weight excluding hydrogens is 312 g/mol. The van der Waals surface area contributed by atoms with Crippen LogP contribution in [0.4, 0.5) is 0 Å². The van der Waals surface area contributed by atoms with Crippen molar-refractivity contribution in [2.45, 2.75) is 26.6 Å². The molecule has 0 spiro atoms. The van der Waals surface area contributed by atoms with Crippen molar-refractivity contribution < 1.29 is 4.79 Å². The summed E-state index contributed by atoms with van der Waals surface area (Å²) in [5, 5.41) is 18.2. The van der Waals surface area contributed by atoms with E-state index in [1.54, 1.807) is 35.9 Å². The lowest BCUT2D eigenvalue weighted by Gasteiger charge is -2.17. The molecule has 5 heteroatoms. The molecule has 2 aromatic carbocycles. The molecule has 124 valence electrons. The standard InChI is InChI=1S/C20H18N4O/c1-14(25)23(2)10-16-7-18-11-24(13-22)12-20(18)19(8-16)17-5-3-15(9-21)4-6-17/h3-8H,10-12H2,1-2H3. The molecule has 2 aromatic rings. The fourth-order valence-corrected chi connectivity index (χ4v) is 3.11. The van der Waals surface area contributed by atoms with Crippen LogP contribution >= 0.6 is 0 Å². The van der Waals surface area contributed by atoms with Gasteiger partial charge in [-0.15, -0.1) is 0 Å². The predicted molar refractivity (Wildman–Crippen MR) is 93.6 cm³/mol. The zero-order valence-corrected chi connectivity index (χ0v) is 14.3. The molecule has 0 aromatic heterocycles. The van der Waals surface area contributed by atoms with Crippen LogP contribution in [0.25, 0.3) is 11.1 Å². The van der Waals surface area contributed by atoms with Crippen molar-refractivity contribution in [2.24, 2.45) is 0 Å². The highest BCUT2D eigenvalue weighted by molar-refractivity contribution is 5.74. The minimum absolute atomic E-state index is 0.0130. The Morgan fingerprint density at radius 2 is 1.92 bits per heavy atom. The maximum atomic E-state index is 11.5. The van der Waals surface area contributed by atoms with E-state index >= 15 is 0 Å². The number of nitriles is 2. The zero-order valence-electron chi connectivity index (χ0n) is 14.3. The van der Waals surface area contributed by atoms with Gasteiger partial charge < -0.3 is 9.80 Å². The number of carbonyl (C=O) groups is 1. The summed E-state index contributed by atoms with van der Waals surface area (Å²) >= 11 is 0. The molecule has 3 rings (SSSR count). The normalized spacial score (nSPS) is 12.2. The molecule has 0 atom stereocenters. The second-order valence-corrected chi connectivity index (χ2v) is 6.30. The van der Waals surface area contributed by atoms with Crippen LogP contribution < -0.4 is 0 Å². The number of carbonyl (C=O) groups excluding carboxylic acids is 1. The summed E-state index contributed by atoms with van der Waals surface area (Å²) in [5.74, 6) is 0.0130. The van der Waals surface area contributed by atoms with E-state index in [1.807, 2.05) is 12.1 Å². The van der Waals surface area contributed by atoms with E-state index in [0.29, 0.717) is 25.2 Å². The summed E-state index contributed by atoms with van der Waals surface area (Å²) in [5.41, 5.74) is 5.99. The maximum absolute atomic E-state index is 11.5. The Morgan fingerprint density at radius 3 is 2.52 bits per heavy atom. The van der Waals surface area contributed by atoms with Crippen molar-refractivity contribution in [2.75, 3.05) is 7.05 Å². The molecule has 25 heavy (non-hydrogen) atoms. The number of rotatable bonds is 3. The SMILES string of the molecule is CC(=O)N(C)Cc1cc2c(c(-c3ccc(C#N)cc3)c1)CN(C#N)C2. The van der Waals surface area contributed by atoms with Gasteiger partial charge in [-0.05, 0) is 46.0 Å². The fraction of sp³-hybridized carbons (Fsp3) is 0.250. The predicted octanol–water partition coefficient (Wildman–Crippen LogP) is 3.00. The first-order chi connectivity index (χ1) is 12.0. The molecule has 0 bridgehead atoms. The molecule has 0 unspecified atom stereocenters. The van der Waals surface area contributed by atoms with Crippen LogP contribution in [-0.2, 0) is 24.4 Å². The molecule has 1 heterocycles. The van der Waals surface area contributed by atoms with E-state index in [0.717, 1.165) is 27.8 Å². The lowest BCUT2D eigenvalue weighted by atomic mass is 9.93. The second kappa shape index (κ2) is 6.67. The average molecular weight is 330 g/mol. The van der Waals surface area contributed by atoms with Gasteiger partial charge in [0.2, 0.25) is 5.91 Å². The third kappa shape index (κ3) is 3.32. The van der Waals surface area contributed by atoms with Crippen LogP contribution in [0, 0.1) is 22.8 Å². The first kappa shape index (κ1) is 16.5. The van der Waals surface area contributed by atoms with E-state index in [-0.39, 0.29) is 5.91 Å². The number of amides is 1.